The van der Waals surface area contributed by atoms with E-state index in [1.165, 1.54) is 32.1 Å². The predicted molar refractivity (Wildman–Crippen MR) is 76.3 cm³/mol. The summed E-state index contributed by atoms with van der Waals surface area (Å²) in [6, 6.07) is 0. The van der Waals surface area contributed by atoms with Crippen LogP contribution < -0.4 is 0 Å². The first-order chi connectivity index (χ1) is 7.49. The lowest BCUT2D eigenvalue weighted by atomic mass is 10.1. The van der Waals surface area contributed by atoms with Gasteiger partial charge in [-0.1, -0.05) is 41.9 Å². The van der Waals surface area contributed by atoms with Gasteiger partial charge in [0.05, 0.1) is 24.9 Å². The first-order valence-electron chi connectivity index (χ1n) is 6.39. The van der Waals surface area contributed by atoms with E-state index in [0.717, 1.165) is 6.61 Å². The van der Waals surface area contributed by atoms with Gasteiger partial charge in [0.1, 0.15) is 0 Å². The lowest BCUT2D eigenvalue weighted by Crippen LogP contribution is -2.27. The predicted octanol–water partition coefficient (Wildman–Crippen LogP) is 3.95. The summed E-state index contributed by atoms with van der Waals surface area (Å²) in [5.41, 5.74) is -0.0451. The SMILES string of the molecule is CC(C)(C)OCCOC1CCCCCC1I. The molecule has 2 atom stereocenters. The van der Waals surface area contributed by atoms with E-state index in [-0.39, 0.29) is 5.60 Å². The Morgan fingerprint density at radius 1 is 1.06 bits per heavy atom. The van der Waals surface area contributed by atoms with Crippen LogP contribution in [0.25, 0.3) is 0 Å². The van der Waals surface area contributed by atoms with E-state index in [0.29, 0.717) is 16.6 Å². The number of alkyl halides is 1. The average molecular weight is 340 g/mol. The lowest BCUT2D eigenvalue weighted by Gasteiger charge is -2.23. The topological polar surface area (TPSA) is 18.5 Å². The van der Waals surface area contributed by atoms with Crippen molar-refractivity contribution in [3.8, 4) is 0 Å². The fraction of sp³-hybridized carbons (Fsp3) is 1.00. The second-order valence-corrected chi connectivity index (χ2v) is 7.12. The van der Waals surface area contributed by atoms with Gasteiger partial charge in [0, 0.05) is 3.92 Å². The van der Waals surface area contributed by atoms with Crippen LogP contribution in [0.2, 0.25) is 0 Å². The van der Waals surface area contributed by atoms with E-state index in [4.69, 9.17) is 9.47 Å². The normalized spacial score (nSPS) is 27.8. The van der Waals surface area contributed by atoms with Gasteiger partial charge in [-0.05, 0) is 33.6 Å². The fourth-order valence-electron chi connectivity index (χ4n) is 1.96. The average Bonchev–Trinajstić information content (AvgIpc) is 2.37. The van der Waals surface area contributed by atoms with Gasteiger partial charge in [0.25, 0.3) is 0 Å². The largest absolute Gasteiger partial charge is 0.375 e. The third-order valence-electron chi connectivity index (χ3n) is 2.82. The molecule has 96 valence electrons. The molecule has 0 saturated heterocycles. The highest BCUT2D eigenvalue weighted by Crippen LogP contribution is 2.26. The molecule has 3 heteroatoms. The van der Waals surface area contributed by atoms with Gasteiger partial charge < -0.3 is 9.47 Å². The maximum absolute atomic E-state index is 5.94. The maximum atomic E-state index is 5.94. The highest BCUT2D eigenvalue weighted by Gasteiger charge is 2.21. The Balaban J connectivity index is 2.15. The molecule has 0 heterocycles. The number of hydrogen-bond donors (Lipinski definition) is 0. The molecule has 0 aromatic carbocycles. The summed E-state index contributed by atoms with van der Waals surface area (Å²) in [6.07, 6.45) is 7.05. The van der Waals surface area contributed by atoms with Crippen LogP contribution in [0.4, 0.5) is 0 Å². The van der Waals surface area contributed by atoms with Crippen molar-refractivity contribution in [3.63, 3.8) is 0 Å². The molecule has 1 saturated carbocycles. The summed E-state index contributed by atoms with van der Waals surface area (Å²) < 4.78 is 12.3. The van der Waals surface area contributed by atoms with Crippen molar-refractivity contribution in [1.29, 1.82) is 0 Å². The minimum atomic E-state index is -0.0451. The Kier molecular flexibility index (Phi) is 6.59. The van der Waals surface area contributed by atoms with Crippen molar-refractivity contribution in [3.05, 3.63) is 0 Å². The molecule has 0 spiro atoms. The summed E-state index contributed by atoms with van der Waals surface area (Å²) in [6.45, 7) is 7.70. The van der Waals surface area contributed by atoms with Crippen molar-refractivity contribution < 1.29 is 9.47 Å². The molecular weight excluding hydrogens is 315 g/mol. The Labute approximate surface area is 114 Å². The second kappa shape index (κ2) is 7.17. The molecule has 0 aliphatic heterocycles. The van der Waals surface area contributed by atoms with Crippen LogP contribution in [-0.2, 0) is 9.47 Å². The summed E-state index contributed by atoms with van der Waals surface area (Å²) in [7, 11) is 0. The van der Waals surface area contributed by atoms with E-state index < -0.39 is 0 Å². The molecule has 16 heavy (non-hydrogen) atoms. The van der Waals surface area contributed by atoms with Gasteiger partial charge in [0.2, 0.25) is 0 Å². The van der Waals surface area contributed by atoms with Crippen molar-refractivity contribution in [1.82, 2.24) is 0 Å². The summed E-state index contributed by atoms with van der Waals surface area (Å²) in [5.74, 6) is 0. The van der Waals surface area contributed by atoms with Gasteiger partial charge in [-0.2, -0.15) is 0 Å². The van der Waals surface area contributed by atoms with E-state index in [1.54, 1.807) is 0 Å². The minimum absolute atomic E-state index is 0.0451. The van der Waals surface area contributed by atoms with Gasteiger partial charge in [-0.25, -0.2) is 0 Å². The molecule has 1 fully saturated rings. The first-order valence-corrected chi connectivity index (χ1v) is 7.63. The molecule has 0 amide bonds. The van der Waals surface area contributed by atoms with Gasteiger partial charge in [0.15, 0.2) is 0 Å². The van der Waals surface area contributed by atoms with Crippen LogP contribution in [-0.4, -0.2) is 28.8 Å². The summed E-state index contributed by atoms with van der Waals surface area (Å²) >= 11 is 2.55. The lowest BCUT2D eigenvalue weighted by molar-refractivity contribution is -0.0519. The number of hydrogen-bond acceptors (Lipinski definition) is 2. The number of halogens is 1. The Bertz CT molecular complexity index is 189. The van der Waals surface area contributed by atoms with Gasteiger partial charge in [-0.3, -0.25) is 0 Å². The molecule has 1 aliphatic rings. The number of rotatable bonds is 4. The van der Waals surface area contributed by atoms with Crippen molar-refractivity contribution >= 4 is 22.6 Å². The van der Waals surface area contributed by atoms with E-state index >= 15 is 0 Å². The van der Waals surface area contributed by atoms with Crippen molar-refractivity contribution in [2.45, 2.75) is 68.5 Å². The molecule has 0 radical (unpaired) electrons. The maximum Gasteiger partial charge on any atom is 0.0707 e. The van der Waals surface area contributed by atoms with Crippen LogP contribution in [0, 0.1) is 0 Å². The zero-order valence-electron chi connectivity index (χ0n) is 10.8. The summed E-state index contributed by atoms with van der Waals surface area (Å²) in [4.78, 5) is 0. The molecule has 0 bridgehead atoms. The van der Waals surface area contributed by atoms with Crippen molar-refractivity contribution in [2.24, 2.45) is 0 Å². The molecule has 0 N–H and O–H groups in total. The Morgan fingerprint density at radius 3 is 2.44 bits per heavy atom. The third kappa shape index (κ3) is 6.40. The van der Waals surface area contributed by atoms with E-state index in [2.05, 4.69) is 43.4 Å². The van der Waals surface area contributed by atoms with E-state index in [1.807, 2.05) is 0 Å². The zero-order chi connectivity index (χ0) is 12.0. The quantitative estimate of drug-likeness (QED) is 0.334. The first kappa shape index (κ1) is 14.7. The Morgan fingerprint density at radius 2 is 1.75 bits per heavy atom. The molecule has 2 unspecified atom stereocenters. The monoisotopic (exact) mass is 340 g/mol. The molecule has 0 aromatic heterocycles. The van der Waals surface area contributed by atoms with Crippen LogP contribution in [0.15, 0.2) is 0 Å². The molecule has 2 nitrogen and oxygen atoms in total. The molecular formula is C13H25IO2. The van der Waals surface area contributed by atoms with Crippen LogP contribution in [0.5, 0.6) is 0 Å². The van der Waals surface area contributed by atoms with Gasteiger partial charge >= 0.3 is 0 Å². The second-order valence-electron chi connectivity index (χ2n) is 5.52. The van der Waals surface area contributed by atoms with Crippen LogP contribution in [0.3, 0.4) is 0 Å². The zero-order valence-corrected chi connectivity index (χ0v) is 13.0. The van der Waals surface area contributed by atoms with Crippen molar-refractivity contribution in [2.75, 3.05) is 13.2 Å². The van der Waals surface area contributed by atoms with Crippen LogP contribution >= 0.6 is 22.6 Å². The smallest absolute Gasteiger partial charge is 0.0707 e. The van der Waals surface area contributed by atoms with Crippen LogP contribution in [0.1, 0.15) is 52.9 Å². The highest BCUT2D eigenvalue weighted by molar-refractivity contribution is 14.1. The summed E-state index contributed by atoms with van der Waals surface area (Å²) in [5, 5.41) is 0. The molecule has 0 aromatic rings. The number of ether oxygens (including phenoxy) is 2. The standard InChI is InChI=1S/C13H25IO2/c1-13(2,3)16-10-9-15-12-8-6-4-5-7-11(12)14/h11-12H,4-10H2,1-3H3. The molecule has 1 aliphatic carbocycles. The highest BCUT2D eigenvalue weighted by atomic mass is 127. The minimum Gasteiger partial charge on any atom is -0.375 e. The van der Waals surface area contributed by atoms with E-state index in [9.17, 15) is 0 Å². The third-order valence-corrected chi connectivity index (χ3v) is 4.25. The van der Waals surface area contributed by atoms with Gasteiger partial charge in [-0.15, -0.1) is 0 Å². The Hall–Kier alpha value is 0.650. The fourth-order valence-corrected chi connectivity index (χ4v) is 2.97. The molecule has 1 rings (SSSR count).